The minimum absolute atomic E-state index is 0.683. The number of hydrogen-bond acceptors (Lipinski definition) is 0. The fourth-order valence-electron chi connectivity index (χ4n) is 0.915. The Balaban J connectivity index is 2.90. The quantitative estimate of drug-likeness (QED) is 0.737. The van der Waals surface area contributed by atoms with E-state index in [1.54, 1.807) is 6.07 Å². The van der Waals surface area contributed by atoms with Gasteiger partial charge in [-0.05, 0) is 17.7 Å². The van der Waals surface area contributed by atoms with Crippen molar-refractivity contribution in [2.75, 3.05) is 6.54 Å². The first-order valence-electron chi connectivity index (χ1n) is 3.47. The zero-order valence-corrected chi connectivity index (χ0v) is 7.62. The van der Waals surface area contributed by atoms with Gasteiger partial charge in [0.15, 0.2) is 0 Å². The molecule has 1 rings (SSSR count). The van der Waals surface area contributed by atoms with Crippen LogP contribution in [0.3, 0.4) is 0 Å². The van der Waals surface area contributed by atoms with Crippen molar-refractivity contribution in [1.29, 1.82) is 0 Å². The molecule has 3 heteroatoms. The average Bonchev–Trinajstić information content (AvgIpc) is 1.95. The number of halogens is 2. The van der Waals surface area contributed by atoms with E-state index in [0.717, 1.165) is 23.6 Å². The Morgan fingerprint density at radius 2 is 2.00 bits per heavy atom. The van der Waals surface area contributed by atoms with E-state index in [1.165, 1.54) is 0 Å². The molecule has 0 spiro atoms. The zero-order chi connectivity index (χ0) is 8.27. The zero-order valence-electron chi connectivity index (χ0n) is 6.11. The number of rotatable bonds is 2. The summed E-state index contributed by atoms with van der Waals surface area (Å²) in [6.45, 7) is 0.862. The van der Waals surface area contributed by atoms with Crippen LogP contribution < -0.4 is 5.73 Å². The van der Waals surface area contributed by atoms with Crippen LogP contribution in [0, 0.1) is 0 Å². The molecule has 0 saturated carbocycles. The van der Waals surface area contributed by atoms with Gasteiger partial charge in [0, 0.05) is 16.5 Å². The minimum atomic E-state index is 0.683. The molecule has 0 atom stereocenters. The number of hydrogen-bond donors (Lipinski definition) is 1. The molecule has 0 aromatic heterocycles. The third-order valence-electron chi connectivity index (χ3n) is 1.46. The van der Waals surface area contributed by atoms with Crippen LogP contribution in [0.1, 0.15) is 5.56 Å². The molecule has 0 bridgehead atoms. The van der Waals surface area contributed by atoms with E-state index in [-0.39, 0.29) is 0 Å². The van der Waals surface area contributed by atoms with Crippen molar-refractivity contribution in [3.63, 3.8) is 0 Å². The first-order valence-corrected chi connectivity index (χ1v) is 4.23. The van der Waals surface area contributed by atoms with Gasteiger partial charge in [-0.1, -0.05) is 29.3 Å². The van der Waals surface area contributed by atoms with Gasteiger partial charge in [0.25, 0.3) is 0 Å². The van der Waals surface area contributed by atoms with Crippen LogP contribution in [0.2, 0.25) is 10.0 Å². The molecule has 0 aliphatic rings. The summed E-state index contributed by atoms with van der Waals surface area (Å²) < 4.78 is 0. The van der Waals surface area contributed by atoms with E-state index in [1.807, 2.05) is 12.1 Å². The molecule has 1 nitrogen and oxygen atoms in total. The maximum Gasteiger partial charge on any atom is 0.0781 e. The Morgan fingerprint density at radius 1 is 1.27 bits per heavy atom. The molecule has 0 unspecified atom stereocenters. The predicted molar refractivity (Wildman–Crippen MR) is 47.9 cm³/mol. The molecular formula is C8H10Cl2N+. The molecule has 0 aliphatic heterocycles. The van der Waals surface area contributed by atoms with Crippen molar-refractivity contribution in [2.45, 2.75) is 6.42 Å². The normalized spacial score (nSPS) is 10.1. The van der Waals surface area contributed by atoms with E-state index >= 15 is 0 Å². The smallest absolute Gasteiger partial charge is 0.0781 e. The summed E-state index contributed by atoms with van der Waals surface area (Å²) in [5.74, 6) is 0. The number of benzene rings is 1. The third kappa shape index (κ3) is 2.37. The maximum atomic E-state index is 5.90. The topological polar surface area (TPSA) is 27.6 Å². The second-order valence-corrected chi connectivity index (χ2v) is 3.18. The predicted octanol–water partition coefficient (Wildman–Crippen LogP) is 1.78. The standard InChI is InChI=1S/C8H9Cl2N/c9-7-2-1-6(3-4-11)8(10)5-7/h1-2,5H,3-4,11H2/p+1. The van der Waals surface area contributed by atoms with Gasteiger partial charge in [-0.3, -0.25) is 0 Å². The van der Waals surface area contributed by atoms with Crippen molar-refractivity contribution in [2.24, 2.45) is 0 Å². The lowest BCUT2D eigenvalue weighted by Crippen LogP contribution is -2.51. The molecule has 0 heterocycles. The van der Waals surface area contributed by atoms with Crippen molar-refractivity contribution in [3.05, 3.63) is 33.8 Å². The van der Waals surface area contributed by atoms with Crippen molar-refractivity contribution < 1.29 is 5.73 Å². The largest absolute Gasteiger partial charge is 0.357 e. The molecule has 0 radical (unpaired) electrons. The van der Waals surface area contributed by atoms with E-state index in [0.29, 0.717) is 5.02 Å². The van der Waals surface area contributed by atoms with Crippen LogP contribution in [-0.2, 0) is 6.42 Å². The van der Waals surface area contributed by atoms with Gasteiger partial charge in [0.2, 0.25) is 0 Å². The molecule has 0 fully saturated rings. The Kier molecular flexibility index (Phi) is 3.18. The molecule has 3 N–H and O–H groups in total. The highest BCUT2D eigenvalue weighted by atomic mass is 35.5. The molecule has 0 saturated heterocycles. The van der Waals surface area contributed by atoms with Crippen LogP contribution >= 0.6 is 23.2 Å². The summed E-state index contributed by atoms with van der Waals surface area (Å²) in [4.78, 5) is 0. The van der Waals surface area contributed by atoms with Crippen LogP contribution in [0.4, 0.5) is 0 Å². The third-order valence-corrected chi connectivity index (χ3v) is 2.05. The van der Waals surface area contributed by atoms with Gasteiger partial charge in [-0.15, -0.1) is 0 Å². The Hall–Kier alpha value is -0.240. The van der Waals surface area contributed by atoms with Crippen molar-refractivity contribution in [1.82, 2.24) is 0 Å². The highest BCUT2D eigenvalue weighted by Crippen LogP contribution is 2.20. The molecule has 1 aromatic carbocycles. The first-order chi connectivity index (χ1) is 5.24. The van der Waals surface area contributed by atoms with Gasteiger partial charge in [0.05, 0.1) is 6.54 Å². The summed E-state index contributed by atoms with van der Waals surface area (Å²) in [5, 5.41) is 1.42. The molecular weight excluding hydrogens is 181 g/mol. The summed E-state index contributed by atoms with van der Waals surface area (Å²) >= 11 is 11.6. The van der Waals surface area contributed by atoms with Crippen LogP contribution in [0.5, 0.6) is 0 Å². The monoisotopic (exact) mass is 190 g/mol. The van der Waals surface area contributed by atoms with Crippen LogP contribution in [-0.4, -0.2) is 6.54 Å². The van der Waals surface area contributed by atoms with E-state index in [4.69, 9.17) is 23.2 Å². The molecule has 0 amide bonds. The fourth-order valence-corrected chi connectivity index (χ4v) is 1.42. The lowest BCUT2D eigenvalue weighted by molar-refractivity contribution is -0.366. The number of quaternary nitrogens is 1. The summed E-state index contributed by atoms with van der Waals surface area (Å²) in [6.07, 6.45) is 0.913. The van der Waals surface area contributed by atoms with Gasteiger partial charge in [-0.25, -0.2) is 0 Å². The first kappa shape index (κ1) is 8.85. The summed E-state index contributed by atoms with van der Waals surface area (Å²) in [5.41, 5.74) is 4.87. The summed E-state index contributed by atoms with van der Waals surface area (Å²) in [6, 6.07) is 5.54. The maximum absolute atomic E-state index is 5.90. The van der Waals surface area contributed by atoms with Gasteiger partial charge in [-0.2, -0.15) is 0 Å². The SMILES string of the molecule is [NH3+]CCc1ccc(Cl)cc1Cl. The van der Waals surface area contributed by atoms with Gasteiger partial charge in [0.1, 0.15) is 0 Å². The second kappa shape index (κ2) is 3.96. The Labute approximate surface area is 76.1 Å². The molecule has 11 heavy (non-hydrogen) atoms. The van der Waals surface area contributed by atoms with Crippen LogP contribution in [0.25, 0.3) is 0 Å². The lowest BCUT2D eigenvalue weighted by atomic mass is 10.1. The minimum Gasteiger partial charge on any atom is -0.357 e. The summed E-state index contributed by atoms with van der Waals surface area (Å²) in [7, 11) is 0. The highest BCUT2D eigenvalue weighted by Gasteiger charge is 1.99. The van der Waals surface area contributed by atoms with Crippen molar-refractivity contribution >= 4 is 23.2 Å². The molecule has 0 aliphatic carbocycles. The Bertz CT molecular complexity index is 248. The highest BCUT2D eigenvalue weighted by molar-refractivity contribution is 6.35. The Morgan fingerprint density at radius 3 is 2.55 bits per heavy atom. The lowest BCUT2D eigenvalue weighted by Gasteiger charge is -2.00. The van der Waals surface area contributed by atoms with E-state index in [9.17, 15) is 0 Å². The van der Waals surface area contributed by atoms with Crippen molar-refractivity contribution in [3.8, 4) is 0 Å². The molecule has 60 valence electrons. The molecule has 1 aromatic rings. The average molecular weight is 191 g/mol. The fraction of sp³-hybridized carbons (Fsp3) is 0.250. The second-order valence-electron chi connectivity index (χ2n) is 2.34. The van der Waals surface area contributed by atoms with Crippen LogP contribution in [0.15, 0.2) is 18.2 Å². The van der Waals surface area contributed by atoms with E-state index < -0.39 is 0 Å². The van der Waals surface area contributed by atoms with E-state index in [2.05, 4.69) is 5.73 Å². The van der Waals surface area contributed by atoms with Gasteiger partial charge < -0.3 is 5.73 Å². The van der Waals surface area contributed by atoms with Gasteiger partial charge >= 0.3 is 0 Å².